The molecule has 1 saturated heterocycles. The molecule has 0 aromatic carbocycles. The molecule has 4 atom stereocenters. The summed E-state index contributed by atoms with van der Waals surface area (Å²) in [5.74, 6) is -3.22. The minimum atomic E-state index is -5.15. The Hall–Kier alpha value is -0.785. The summed E-state index contributed by atoms with van der Waals surface area (Å²) in [4.78, 5) is 31.5. The van der Waals surface area contributed by atoms with Crippen LogP contribution < -0.4 is 5.56 Å². The number of aromatic nitrogens is 2. The summed E-state index contributed by atoms with van der Waals surface area (Å²) in [6.07, 6.45) is -3.03. The Labute approximate surface area is 148 Å². The van der Waals surface area contributed by atoms with Crippen LogP contribution in [0, 0.1) is 4.77 Å². The lowest BCUT2D eigenvalue weighted by Crippen LogP contribution is -2.60. The van der Waals surface area contributed by atoms with Crippen molar-refractivity contribution in [3.05, 3.63) is 27.4 Å². The van der Waals surface area contributed by atoms with E-state index in [1.54, 1.807) is 0 Å². The average Bonchev–Trinajstić information content (AvgIpc) is 2.59. The number of aromatic amines is 1. The second-order valence-corrected chi connectivity index (χ2v) is 7.81. The zero-order valence-electron chi connectivity index (χ0n) is 13.4. The van der Waals surface area contributed by atoms with Gasteiger partial charge in [0.25, 0.3) is 11.4 Å². The van der Waals surface area contributed by atoms with E-state index >= 15 is 4.39 Å². The Morgan fingerprint density at radius 1 is 1.44 bits per heavy atom. The summed E-state index contributed by atoms with van der Waals surface area (Å²) in [7, 11) is -2.07. The number of hydrogen-bond acceptors (Lipinski definition) is 7. The van der Waals surface area contributed by atoms with Crippen LogP contribution in [0.4, 0.5) is 4.39 Å². The highest BCUT2D eigenvalue weighted by molar-refractivity contribution is 7.71. The number of rotatable bonds is 4. The molecule has 0 saturated carbocycles. The number of phosphoric ester groups is 1. The van der Waals surface area contributed by atoms with Crippen molar-refractivity contribution >= 4 is 43.6 Å². The summed E-state index contributed by atoms with van der Waals surface area (Å²) in [5.41, 5.74) is -2.54. The Bertz CT molecular complexity index is 847. The van der Waals surface area contributed by atoms with Gasteiger partial charge in [-0.05, 0) is 12.2 Å². The van der Waals surface area contributed by atoms with Crippen molar-refractivity contribution in [2.75, 3.05) is 0 Å². The van der Waals surface area contributed by atoms with E-state index in [1.165, 1.54) is 7.85 Å². The first-order valence-corrected chi connectivity index (χ1v) is 8.92. The predicted molar refractivity (Wildman–Crippen MR) is 92.3 cm³/mol. The summed E-state index contributed by atoms with van der Waals surface area (Å²) in [6, 6.07) is 1.04. The van der Waals surface area contributed by atoms with Crippen molar-refractivity contribution in [3.8, 4) is 0 Å². The van der Waals surface area contributed by atoms with Crippen LogP contribution in [-0.2, 0) is 19.4 Å². The molecule has 1 aromatic rings. The molecule has 2 heterocycles. The highest BCUT2D eigenvalue weighted by Gasteiger charge is 2.68. The highest BCUT2D eigenvalue weighted by Crippen LogP contribution is 2.51. The number of hydrogen-bond donors (Lipinski definition) is 5. The van der Waals surface area contributed by atoms with Crippen molar-refractivity contribution in [3.63, 3.8) is 0 Å². The van der Waals surface area contributed by atoms with E-state index in [0.717, 1.165) is 32.5 Å². The molecule has 1 aliphatic heterocycles. The van der Waals surface area contributed by atoms with Crippen molar-refractivity contribution in [2.24, 2.45) is 0 Å². The number of nitrogens with one attached hydrogen (secondary N) is 1. The molecule has 1 aliphatic rings. The molecular formula is C9H15B3FN2O8PS. The quantitative estimate of drug-likeness (QED) is 0.194. The monoisotopic (exact) mass is 394 g/mol. The van der Waals surface area contributed by atoms with Gasteiger partial charge in [-0.1, -0.05) is 0 Å². The van der Waals surface area contributed by atoms with Crippen molar-refractivity contribution in [2.45, 2.75) is 29.1 Å². The van der Waals surface area contributed by atoms with Gasteiger partial charge in [-0.3, -0.25) is 14.3 Å². The number of phosphoric acid groups is 1. The topological polar surface area (TPSA) is 154 Å². The molecule has 136 valence electrons. The molecular weight excluding hydrogens is 379 g/mol. The minimum absolute atomic E-state index is 0.223. The number of H-pyrrole nitrogens is 1. The fraction of sp³-hybridized carbons (Fsp3) is 0.556. The van der Waals surface area contributed by atoms with Crippen LogP contribution in [0.15, 0.2) is 17.1 Å². The largest absolute Gasteiger partial charge is 0.468 e. The van der Waals surface area contributed by atoms with Gasteiger partial charge < -0.3 is 29.3 Å². The fourth-order valence-corrected chi connectivity index (χ4v) is 3.78. The summed E-state index contributed by atoms with van der Waals surface area (Å²) >= 11 is 4.95. The lowest BCUT2D eigenvalue weighted by Gasteiger charge is -2.40. The second kappa shape index (κ2) is 6.13. The summed E-state index contributed by atoms with van der Waals surface area (Å²) in [5, 5.41) is 18.2. The van der Waals surface area contributed by atoms with Crippen molar-refractivity contribution in [1.29, 1.82) is 0 Å². The normalized spacial score (nSPS) is 33.5. The maximum atomic E-state index is 15.4. The molecule has 5 N–H and O–H groups in total. The van der Waals surface area contributed by atoms with E-state index in [1.807, 2.05) is 0 Å². The van der Waals surface area contributed by atoms with Gasteiger partial charge in [0.2, 0.25) is 0 Å². The smallest absolute Gasteiger partial charge is 0.386 e. The van der Waals surface area contributed by atoms with Crippen LogP contribution in [0.2, 0.25) is 0 Å². The van der Waals surface area contributed by atoms with Gasteiger partial charge in [-0.15, -0.1) is 0 Å². The SMILES string of the molecule is BC(B)(OP(=O)(O)O)[C@@]1(F)O[C@@](B)(n2ccc(=O)[nH]c2=S)[C@H](O)[C@@H]1O. The van der Waals surface area contributed by atoms with Gasteiger partial charge in [-0.2, -0.15) is 0 Å². The second-order valence-electron chi connectivity index (χ2n) is 6.26. The standard InChI is InChI=1S/C9H15B3FN2O8PS/c10-8(15-2-1-3(16)14-6(15)25)5(18)4(17)7(13,22-8)9(11,12)23-24(19,20)21/h1-2,4-5,17-18H,10-12H2,(H,14,16,25)(H2,19,20,21)/t4-,5+,7-,8-/m0/s1. The number of aliphatic hydroxyl groups excluding tert-OH is 2. The Morgan fingerprint density at radius 3 is 2.48 bits per heavy atom. The molecule has 0 amide bonds. The molecule has 0 aliphatic carbocycles. The molecule has 2 rings (SSSR count). The molecule has 1 fully saturated rings. The first kappa shape index (κ1) is 20.5. The van der Waals surface area contributed by atoms with Gasteiger partial charge in [0.05, 0.1) is 5.40 Å². The number of aliphatic hydroxyl groups is 2. The highest BCUT2D eigenvalue weighted by atomic mass is 32.1. The molecule has 16 heteroatoms. The summed E-state index contributed by atoms with van der Waals surface area (Å²) in [6.45, 7) is 0. The van der Waals surface area contributed by atoms with Crippen LogP contribution in [0.1, 0.15) is 0 Å². The lowest BCUT2D eigenvalue weighted by atomic mass is 9.59. The third kappa shape index (κ3) is 3.43. The molecule has 0 spiro atoms. The van der Waals surface area contributed by atoms with Crippen molar-refractivity contribution < 1.29 is 38.2 Å². The van der Waals surface area contributed by atoms with Gasteiger partial charge in [-0.25, -0.2) is 8.96 Å². The zero-order valence-corrected chi connectivity index (χ0v) is 15.1. The van der Waals surface area contributed by atoms with Crippen molar-refractivity contribution in [1.82, 2.24) is 9.55 Å². The molecule has 0 radical (unpaired) electrons. The fourth-order valence-electron chi connectivity index (χ4n) is 2.71. The van der Waals surface area contributed by atoms with Gasteiger partial charge in [0.1, 0.15) is 33.5 Å². The van der Waals surface area contributed by atoms with E-state index in [4.69, 9.17) is 26.7 Å². The van der Waals surface area contributed by atoms with Gasteiger partial charge in [0.15, 0.2) is 12.6 Å². The molecule has 25 heavy (non-hydrogen) atoms. The Balaban J connectivity index is 2.55. The number of nitrogens with zero attached hydrogens (tertiary/aromatic N) is 1. The maximum Gasteiger partial charge on any atom is 0.468 e. The zero-order chi connectivity index (χ0) is 19.4. The van der Waals surface area contributed by atoms with E-state index in [-0.39, 0.29) is 4.77 Å². The van der Waals surface area contributed by atoms with E-state index < -0.39 is 42.5 Å². The van der Waals surface area contributed by atoms with Gasteiger partial charge in [0, 0.05) is 12.3 Å². The Kier molecular flexibility index (Phi) is 5.04. The van der Waals surface area contributed by atoms with Crippen LogP contribution in [0.25, 0.3) is 0 Å². The third-order valence-electron chi connectivity index (χ3n) is 4.05. The number of alkyl halides is 1. The van der Waals surface area contributed by atoms with Crippen LogP contribution in [0.5, 0.6) is 0 Å². The lowest BCUT2D eigenvalue weighted by molar-refractivity contribution is -0.239. The van der Waals surface area contributed by atoms with E-state index in [0.29, 0.717) is 0 Å². The van der Waals surface area contributed by atoms with Crippen LogP contribution >= 0.6 is 20.0 Å². The number of ether oxygens (including phenoxy) is 1. The molecule has 1 aromatic heterocycles. The molecule has 10 nitrogen and oxygen atoms in total. The van der Waals surface area contributed by atoms with E-state index in [2.05, 4.69) is 9.51 Å². The van der Waals surface area contributed by atoms with Crippen LogP contribution in [-0.4, -0.2) is 76.6 Å². The maximum absolute atomic E-state index is 15.4. The summed E-state index contributed by atoms with van der Waals surface area (Å²) < 4.78 is 37.0. The van der Waals surface area contributed by atoms with Gasteiger partial charge >= 0.3 is 7.82 Å². The first-order chi connectivity index (χ1) is 11.1. The average molecular weight is 394 g/mol. The Morgan fingerprint density at radius 2 is 2.00 bits per heavy atom. The minimum Gasteiger partial charge on any atom is -0.386 e. The van der Waals surface area contributed by atoms with Crippen LogP contribution in [0.3, 0.4) is 0 Å². The first-order valence-electron chi connectivity index (χ1n) is 6.98. The van der Waals surface area contributed by atoms with E-state index in [9.17, 15) is 19.6 Å². The third-order valence-corrected chi connectivity index (χ3v) is 5.05. The molecule has 0 bridgehead atoms. The number of halogens is 1. The molecule has 0 unspecified atom stereocenters. The predicted octanol–water partition coefficient (Wildman–Crippen LogP) is -4.40.